The van der Waals surface area contributed by atoms with E-state index >= 15 is 0 Å². The maximum Gasteiger partial charge on any atom is 0.338 e. The lowest BCUT2D eigenvalue weighted by molar-refractivity contribution is -0.119. The molecule has 22 heavy (non-hydrogen) atoms. The first-order valence-corrected chi connectivity index (χ1v) is 6.88. The van der Waals surface area contributed by atoms with E-state index in [1.807, 2.05) is 0 Å². The van der Waals surface area contributed by atoms with Crippen molar-refractivity contribution in [1.29, 1.82) is 0 Å². The number of hydrogen-bond acceptors (Lipinski definition) is 3. The third kappa shape index (κ3) is 4.72. The van der Waals surface area contributed by atoms with E-state index in [4.69, 9.17) is 27.9 Å². The Hall–Kier alpha value is -2.11. The third-order valence-corrected chi connectivity index (χ3v) is 2.98. The van der Waals surface area contributed by atoms with Crippen molar-refractivity contribution in [1.82, 2.24) is 0 Å². The highest BCUT2D eigenvalue weighted by molar-refractivity contribution is 6.35. The summed E-state index contributed by atoms with van der Waals surface area (Å²) >= 11 is 11.6. The Kier molecular flexibility index (Phi) is 5.35. The van der Waals surface area contributed by atoms with Crippen LogP contribution in [0.2, 0.25) is 10.0 Å². The van der Waals surface area contributed by atoms with E-state index in [9.17, 15) is 14.0 Å². The molecule has 7 heteroatoms. The van der Waals surface area contributed by atoms with Gasteiger partial charge in [0.1, 0.15) is 5.82 Å². The van der Waals surface area contributed by atoms with Gasteiger partial charge >= 0.3 is 5.97 Å². The number of carbonyl (C=O) groups is 2. The quantitative estimate of drug-likeness (QED) is 0.857. The lowest BCUT2D eigenvalue weighted by atomic mass is 10.2. The molecule has 0 fully saturated rings. The molecule has 2 aromatic carbocycles. The Labute approximate surface area is 135 Å². The van der Waals surface area contributed by atoms with Crippen molar-refractivity contribution in [2.75, 3.05) is 11.9 Å². The molecule has 4 nitrogen and oxygen atoms in total. The molecule has 0 atom stereocenters. The number of nitrogens with one attached hydrogen (secondary N) is 1. The Morgan fingerprint density at radius 2 is 1.77 bits per heavy atom. The number of anilines is 1. The number of carbonyl (C=O) groups excluding carboxylic acids is 2. The van der Waals surface area contributed by atoms with E-state index < -0.39 is 24.3 Å². The molecule has 0 bridgehead atoms. The van der Waals surface area contributed by atoms with Crippen molar-refractivity contribution in [2.24, 2.45) is 0 Å². The number of hydrogen-bond donors (Lipinski definition) is 1. The van der Waals surface area contributed by atoms with Gasteiger partial charge in [-0.05, 0) is 36.4 Å². The van der Waals surface area contributed by atoms with Crippen LogP contribution >= 0.6 is 23.2 Å². The van der Waals surface area contributed by atoms with Crippen molar-refractivity contribution < 1.29 is 18.7 Å². The SMILES string of the molecule is O=C(COC(=O)c1cccc(F)c1)Nc1cc(Cl)cc(Cl)c1. The zero-order valence-corrected chi connectivity index (χ0v) is 12.6. The molecule has 0 unspecified atom stereocenters. The maximum absolute atomic E-state index is 13.0. The first-order chi connectivity index (χ1) is 10.4. The van der Waals surface area contributed by atoms with Crippen LogP contribution < -0.4 is 5.32 Å². The molecule has 2 aromatic rings. The lowest BCUT2D eigenvalue weighted by Crippen LogP contribution is -2.21. The molecule has 0 aromatic heterocycles. The van der Waals surface area contributed by atoms with Crippen LogP contribution in [0.25, 0.3) is 0 Å². The normalized spacial score (nSPS) is 10.1. The van der Waals surface area contributed by atoms with Crippen molar-refractivity contribution in [3.05, 3.63) is 63.9 Å². The summed E-state index contributed by atoms with van der Waals surface area (Å²) in [5, 5.41) is 3.20. The predicted octanol–water partition coefficient (Wildman–Crippen LogP) is 3.93. The predicted molar refractivity (Wildman–Crippen MR) is 81.8 cm³/mol. The summed E-state index contributed by atoms with van der Waals surface area (Å²) in [7, 11) is 0. The molecular formula is C15H10Cl2FNO3. The third-order valence-electron chi connectivity index (χ3n) is 2.54. The fraction of sp³-hybridized carbons (Fsp3) is 0.0667. The van der Waals surface area contributed by atoms with Crippen LogP contribution in [0.1, 0.15) is 10.4 Å². The average Bonchev–Trinajstić information content (AvgIpc) is 2.43. The van der Waals surface area contributed by atoms with Gasteiger partial charge in [0.15, 0.2) is 6.61 Å². The van der Waals surface area contributed by atoms with Crippen LogP contribution in [0.3, 0.4) is 0 Å². The molecule has 1 N–H and O–H groups in total. The summed E-state index contributed by atoms with van der Waals surface area (Å²) in [6.07, 6.45) is 0. The van der Waals surface area contributed by atoms with Crippen molar-refractivity contribution in [3.8, 4) is 0 Å². The van der Waals surface area contributed by atoms with Gasteiger partial charge in [-0.15, -0.1) is 0 Å². The minimum Gasteiger partial charge on any atom is -0.452 e. The van der Waals surface area contributed by atoms with Gasteiger partial charge in [-0.25, -0.2) is 9.18 Å². The first kappa shape index (κ1) is 16.3. The van der Waals surface area contributed by atoms with Gasteiger partial charge in [0.2, 0.25) is 0 Å². The molecule has 2 rings (SSSR count). The standard InChI is InChI=1S/C15H10Cl2FNO3/c16-10-5-11(17)7-13(6-10)19-14(20)8-22-15(21)9-2-1-3-12(18)4-9/h1-7H,8H2,(H,19,20). The fourth-order valence-electron chi connectivity index (χ4n) is 1.65. The highest BCUT2D eigenvalue weighted by atomic mass is 35.5. The molecule has 0 heterocycles. The van der Waals surface area contributed by atoms with Crippen molar-refractivity contribution >= 4 is 40.8 Å². The van der Waals surface area contributed by atoms with Crippen LogP contribution in [0.15, 0.2) is 42.5 Å². The van der Waals surface area contributed by atoms with Gasteiger partial charge in [-0.3, -0.25) is 4.79 Å². The van der Waals surface area contributed by atoms with Gasteiger partial charge in [-0.1, -0.05) is 29.3 Å². The summed E-state index contributed by atoms with van der Waals surface area (Å²) in [4.78, 5) is 23.3. The molecule has 1 amide bonds. The summed E-state index contributed by atoms with van der Waals surface area (Å²) < 4.78 is 17.8. The van der Waals surface area contributed by atoms with Crippen LogP contribution in [-0.4, -0.2) is 18.5 Å². The average molecular weight is 342 g/mol. The zero-order chi connectivity index (χ0) is 16.1. The molecule has 0 aliphatic heterocycles. The number of rotatable bonds is 4. The number of amides is 1. The van der Waals surface area contributed by atoms with Crippen LogP contribution in [-0.2, 0) is 9.53 Å². The van der Waals surface area contributed by atoms with E-state index in [-0.39, 0.29) is 5.56 Å². The fourth-order valence-corrected chi connectivity index (χ4v) is 2.18. The summed E-state index contributed by atoms with van der Waals surface area (Å²) in [5.41, 5.74) is 0.405. The van der Waals surface area contributed by atoms with E-state index in [1.165, 1.54) is 36.4 Å². The summed E-state index contributed by atoms with van der Waals surface area (Å²) in [6.45, 7) is -0.514. The van der Waals surface area contributed by atoms with Gasteiger partial charge in [0.05, 0.1) is 5.56 Å². The van der Waals surface area contributed by atoms with Gasteiger partial charge in [0, 0.05) is 15.7 Å². The van der Waals surface area contributed by atoms with Crippen LogP contribution in [0.4, 0.5) is 10.1 Å². The smallest absolute Gasteiger partial charge is 0.338 e. The maximum atomic E-state index is 13.0. The van der Waals surface area contributed by atoms with E-state index in [0.717, 1.165) is 6.07 Å². The molecule has 0 saturated heterocycles. The van der Waals surface area contributed by atoms with Crippen LogP contribution in [0.5, 0.6) is 0 Å². The second kappa shape index (κ2) is 7.24. The second-order valence-corrected chi connectivity index (χ2v) is 5.17. The van der Waals surface area contributed by atoms with E-state index in [0.29, 0.717) is 15.7 Å². The minimum atomic E-state index is -0.793. The number of esters is 1. The highest BCUT2D eigenvalue weighted by Crippen LogP contribution is 2.22. The zero-order valence-electron chi connectivity index (χ0n) is 11.1. The molecule has 0 aliphatic rings. The van der Waals surface area contributed by atoms with Crippen molar-refractivity contribution in [3.63, 3.8) is 0 Å². The topological polar surface area (TPSA) is 55.4 Å². The second-order valence-electron chi connectivity index (χ2n) is 4.29. The Balaban J connectivity index is 1.91. The first-order valence-electron chi connectivity index (χ1n) is 6.12. The van der Waals surface area contributed by atoms with E-state index in [1.54, 1.807) is 0 Å². The molecule has 114 valence electrons. The number of benzene rings is 2. The van der Waals surface area contributed by atoms with Gasteiger partial charge < -0.3 is 10.1 Å². The number of halogens is 3. The molecular weight excluding hydrogens is 332 g/mol. The lowest BCUT2D eigenvalue weighted by Gasteiger charge is -2.07. The Morgan fingerprint density at radius 1 is 1.09 bits per heavy atom. The summed E-state index contributed by atoms with van der Waals surface area (Å²) in [5.74, 6) is -1.92. The molecule has 0 spiro atoms. The van der Waals surface area contributed by atoms with Crippen molar-refractivity contribution in [2.45, 2.75) is 0 Å². The number of ether oxygens (including phenoxy) is 1. The van der Waals surface area contributed by atoms with E-state index in [2.05, 4.69) is 5.32 Å². The molecule has 0 aliphatic carbocycles. The molecule has 0 saturated carbocycles. The summed E-state index contributed by atoms with van der Waals surface area (Å²) in [6, 6.07) is 9.51. The monoisotopic (exact) mass is 341 g/mol. The Bertz CT molecular complexity index is 701. The Morgan fingerprint density at radius 3 is 2.41 bits per heavy atom. The van der Waals surface area contributed by atoms with Crippen LogP contribution in [0, 0.1) is 5.82 Å². The van der Waals surface area contributed by atoms with Gasteiger partial charge in [-0.2, -0.15) is 0 Å². The largest absolute Gasteiger partial charge is 0.452 e. The minimum absolute atomic E-state index is 0.0265. The highest BCUT2D eigenvalue weighted by Gasteiger charge is 2.11. The molecule has 0 radical (unpaired) electrons. The van der Waals surface area contributed by atoms with Gasteiger partial charge in [0.25, 0.3) is 5.91 Å².